The van der Waals surface area contributed by atoms with Crippen molar-refractivity contribution in [1.29, 1.82) is 0 Å². The number of allylic oxidation sites excluding steroid dienone is 1. The predicted octanol–water partition coefficient (Wildman–Crippen LogP) is 3.16. The van der Waals surface area contributed by atoms with Crippen LogP contribution >= 0.6 is 23.8 Å². The molecule has 0 radical (unpaired) electrons. The first-order valence-corrected chi connectivity index (χ1v) is 8.46. The molecule has 0 atom stereocenters. The maximum Gasteiger partial charge on any atom is 0.189 e. The van der Waals surface area contributed by atoms with Gasteiger partial charge in [-0.15, -0.1) is 0 Å². The highest BCUT2D eigenvalue weighted by atomic mass is 35.5. The summed E-state index contributed by atoms with van der Waals surface area (Å²) >= 11 is 11.0. The first-order chi connectivity index (χ1) is 12.5. The molecule has 0 aromatic heterocycles. The molecule has 3 rings (SSSR count). The van der Waals surface area contributed by atoms with Gasteiger partial charge < -0.3 is 20.3 Å². The number of rotatable bonds is 4. The Hall–Kier alpha value is -2.61. The van der Waals surface area contributed by atoms with Crippen molar-refractivity contribution in [3.8, 4) is 11.5 Å². The normalized spacial score (nSPS) is 14.0. The van der Waals surface area contributed by atoms with E-state index in [9.17, 15) is 5.11 Å². The molecule has 0 amide bonds. The van der Waals surface area contributed by atoms with Crippen LogP contribution in [0.1, 0.15) is 16.7 Å². The highest BCUT2D eigenvalue weighted by Gasteiger charge is 2.15. The monoisotopic (exact) mass is 389 g/mol. The van der Waals surface area contributed by atoms with Crippen molar-refractivity contribution in [3.05, 3.63) is 64.2 Å². The molecule has 0 saturated carbocycles. The van der Waals surface area contributed by atoms with Crippen molar-refractivity contribution in [2.45, 2.75) is 6.61 Å². The van der Waals surface area contributed by atoms with Crippen LogP contribution in [-0.2, 0) is 11.3 Å². The number of hydrazone groups is 1. The van der Waals surface area contributed by atoms with Crippen LogP contribution in [0.2, 0.25) is 5.02 Å². The average Bonchev–Trinajstić information content (AvgIpc) is 2.62. The molecular weight excluding hydrogens is 374 g/mol. The number of fused-ring (bicyclic) bond motifs is 1. The maximum absolute atomic E-state index is 10.1. The number of thiocarbonyl (C=S) groups is 1. The molecule has 134 valence electrons. The van der Waals surface area contributed by atoms with Gasteiger partial charge in [-0.25, -0.2) is 0 Å². The topological polar surface area (TPSA) is 89.1 Å². The summed E-state index contributed by atoms with van der Waals surface area (Å²) in [5, 5.41) is 14.9. The standard InChI is InChI=1S/C18H16ClN3O3S/c19-13-7-11(17-12(8-13)9-24-10-25-17)5-6-15(21-22-18(20)26)14-3-1-2-4-16(14)23/h1-8,23H,9-10H2,(H3,20,22,26). The Morgan fingerprint density at radius 3 is 2.92 bits per heavy atom. The van der Waals surface area contributed by atoms with Crippen LogP contribution in [0.3, 0.4) is 0 Å². The van der Waals surface area contributed by atoms with Crippen LogP contribution < -0.4 is 15.9 Å². The Balaban J connectivity index is 2.00. The van der Waals surface area contributed by atoms with E-state index in [-0.39, 0.29) is 17.7 Å². The number of hydrogen-bond donors (Lipinski definition) is 3. The maximum atomic E-state index is 10.1. The lowest BCUT2D eigenvalue weighted by atomic mass is 10.0. The second-order valence-corrected chi connectivity index (χ2v) is 6.29. The summed E-state index contributed by atoms with van der Waals surface area (Å²) in [5.74, 6) is 0.786. The van der Waals surface area contributed by atoms with Gasteiger partial charge in [0.2, 0.25) is 0 Å². The Morgan fingerprint density at radius 1 is 1.35 bits per heavy atom. The summed E-state index contributed by atoms with van der Waals surface area (Å²) in [7, 11) is 0. The van der Waals surface area contributed by atoms with Gasteiger partial charge in [0.1, 0.15) is 11.5 Å². The molecule has 0 aliphatic carbocycles. The van der Waals surface area contributed by atoms with E-state index in [0.29, 0.717) is 28.7 Å². The van der Waals surface area contributed by atoms with Crippen molar-refractivity contribution < 1.29 is 14.6 Å². The van der Waals surface area contributed by atoms with Gasteiger partial charge in [0.05, 0.1) is 12.3 Å². The van der Waals surface area contributed by atoms with Crippen LogP contribution in [0.5, 0.6) is 11.5 Å². The average molecular weight is 390 g/mol. The first kappa shape index (κ1) is 18.2. The second kappa shape index (κ2) is 8.18. The van der Waals surface area contributed by atoms with E-state index in [1.807, 2.05) is 0 Å². The molecule has 8 heteroatoms. The van der Waals surface area contributed by atoms with E-state index in [1.165, 1.54) is 0 Å². The molecule has 0 spiro atoms. The lowest BCUT2D eigenvalue weighted by molar-refractivity contribution is -0.0165. The minimum absolute atomic E-state index is 0.0203. The number of ether oxygens (including phenoxy) is 2. The van der Waals surface area contributed by atoms with Gasteiger partial charge in [-0.2, -0.15) is 5.10 Å². The fourth-order valence-electron chi connectivity index (χ4n) is 2.49. The summed E-state index contributed by atoms with van der Waals surface area (Å²) < 4.78 is 10.9. The number of phenolic OH excluding ortho intramolecular Hbond substituents is 1. The van der Waals surface area contributed by atoms with Gasteiger partial charge in [0.15, 0.2) is 11.9 Å². The van der Waals surface area contributed by atoms with Crippen molar-refractivity contribution >= 4 is 40.7 Å². The molecule has 6 nitrogen and oxygen atoms in total. The number of benzene rings is 2. The number of nitrogens with one attached hydrogen (secondary N) is 1. The van der Waals surface area contributed by atoms with E-state index in [0.717, 1.165) is 11.1 Å². The van der Waals surface area contributed by atoms with Crippen LogP contribution in [0, 0.1) is 0 Å². The molecule has 2 aromatic rings. The largest absolute Gasteiger partial charge is 0.507 e. The number of para-hydroxylation sites is 1. The SMILES string of the molecule is NC(=S)NN=C(C=Cc1cc(Cl)cc2c1OCOC2)c1ccccc1O. The van der Waals surface area contributed by atoms with E-state index in [2.05, 4.69) is 10.5 Å². The predicted molar refractivity (Wildman–Crippen MR) is 105 cm³/mol. The number of hydrogen-bond acceptors (Lipinski definition) is 5. The third-order valence-corrected chi connectivity index (χ3v) is 3.90. The van der Waals surface area contributed by atoms with Crippen LogP contribution in [-0.4, -0.2) is 22.7 Å². The van der Waals surface area contributed by atoms with Crippen molar-refractivity contribution in [3.63, 3.8) is 0 Å². The fraction of sp³-hybridized carbons (Fsp3) is 0.111. The zero-order valence-corrected chi connectivity index (χ0v) is 15.2. The van der Waals surface area contributed by atoms with E-state index >= 15 is 0 Å². The highest BCUT2D eigenvalue weighted by Crippen LogP contribution is 2.32. The Bertz CT molecular complexity index is 899. The lowest BCUT2D eigenvalue weighted by Gasteiger charge is -2.20. The summed E-state index contributed by atoms with van der Waals surface area (Å²) in [6.45, 7) is 0.610. The second-order valence-electron chi connectivity index (χ2n) is 5.42. The van der Waals surface area contributed by atoms with Gasteiger partial charge in [-0.05, 0) is 48.6 Å². The molecule has 1 heterocycles. The minimum Gasteiger partial charge on any atom is -0.507 e. The minimum atomic E-state index is 0.0203. The van der Waals surface area contributed by atoms with Crippen LogP contribution in [0.15, 0.2) is 47.6 Å². The van der Waals surface area contributed by atoms with E-state index < -0.39 is 0 Å². The third-order valence-electron chi connectivity index (χ3n) is 3.59. The molecule has 0 bridgehead atoms. The highest BCUT2D eigenvalue weighted by molar-refractivity contribution is 7.80. The summed E-state index contributed by atoms with van der Waals surface area (Å²) in [4.78, 5) is 0. The number of aromatic hydroxyl groups is 1. The zero-order valence-electron chi connectivity index (χ0n) is 13.6. The van der Waals surface area contributed by atoms with Gasteiger partial charge >= 0.3 is 0 Å². The summed E-state index contributed by atoms with van der Waals surface area (Å²) in [5.41, 5.74) is 10.6. The Labute approximate surface area is 160 Å². The molecule has 1 aliphatic rings. The van der Waals surface area contributed by atoms with E-state index in [1.54, 1.807) is 48.6 Å². The molecule has 2 aromatic carbocycles. The summed E-state index contributed by atoms with van der Waals surface area (Å²) in [6.07, 6.45) is 3.51. The Morgan fingerprint density at radius 2 is 2.15 bits per heavy atom. The van der Waals surface area contributed by atoms with Gasteiger partial charge in [0, 0.05) is 21.7 Å². The molecule has 1 aliphatic heterocycles. The van der Waals surface area contributed by atoms with Crippen LogP contribution in [0.25, 0.3) is 6.08 Å². The van der Waals surface area contributed by atoms with Crippen LogP contribution in [0.4, 0.5) is 0 Å². The smallest absolute Gasteiger partial charge is 0.189 e. The number of nitrogens with two attached hydrogens (primary N) is 1. The molecule has 0 saturated heterocycles. The molecule has 0 fully saturated rings. The Kier molecular flexibility index (Phi) is 5.72. The molecule has 26 heavy (non-hydrogen) atoms. The van der Waals surface area contributed by atoms with Crippen molar-refractivity contribution in [2.75, 3.05) is 6.79 Å². The number of nitrogens with zero attached hydrogens (tertiary/aromatic N) is 1. The van der Waals surface area contributed by atoms with Gasteiger partial charge in [-0.1, -0.05) is 23.7 Å². The lowest BCUT2D eigenvalue weighted by Crippen LogP contribution is -2.25. The quantitative estimate of drug-likeness (QED) is 0.423. The zero-order chi connectivity index (χ0) is 18.5. The fourth-order valence-corrected chi connectivity index (χ4v) is 2.79. The van der Waals surface area contributed by atoms with Gasteiger partial charge in [0.25, 0.3) is 0 Å². The van der Waals surface area contributed by atoms with Gasteiger partial charge in [-0.3, -0.25) is 5.43 Å². The van der Waals surface area contributed by atoms with E-state index in [4.69, 9.17) is 39.0 Å². The third kappa shape index (κ3) is 4.32. The molecule has 0 unspecified atom stereocenters. The number of phenols is 1. The van der Waals surface area contributed by atoms with Crippen molar-refractivity contribution in [1.82, 2.24) is 5.43 Å². The number of halogens is 1. The van der Waals surface area contributed by atoms with Crippen molar-refractivity contribution in [2.24, 2.45) is 10.8 Å². The molecular formula is C18H16ClN3O3S. The first-order valence-electron chi connectivity index (χ1n) is 7.67. The summed E-state index contributed by atoms with van der Waals surface area (Å²) in [6, 6.07) is 10.4. The molecule has 4 N–H and O–H groups in total.